The van der Waals surface area contributed by atoms with Gasteiger partial charge in [-0.15, -0.1) is 5.10 Å². The Morgan fingerprint density at radius 1 is 1.47 bits per heavy atom. The van der Waals surface area contributed by atoms with Crippen LogP contribution in [0.2, 0.25) is 5.02 Å². The fourth-order valence-corrected chi connectivity index (χ4v) is 1.85. The van der Waals surface area contributed by atoms with E-state index in [4.69, 9.17) is 11.6 Å². The zero-order chi connectivity index (χ0) is 10.8. The highest BCUT2D eigenvalue weighted by atomic mass is 79.9. The number of hydrogen-bond acceptors (Lipinski definition) is 2. The van der Waals surface area contributed by atoms with Crippen molar-refractivity contribution in [3.63, 3.8) is 0 Å². The van der Waals surface area contributed by atoms with Crippen LogP contribution in [0.4, 0.5) is 0 Å². The summed E-state index contributed by atoms with van der Waals surface area (Å²) in [6.45, 7) is 2.00. The molecule has 0 aliphatic carbocycles. The van der Waals surface area contributed by atoms with Crippen LogP contribution in [0, 0.1) is 6.92 Å². The first kappa shape index (κ1) is 10.6. The lowest BCUT2D eigenvalue weighted by Crippen LogP contribution is -1.96. The molecule has 78 valence electrons. The van der Waals surface area contributed by atoms with Gasteiger partial charge in [-0.1, -0.05) is 38.8 Å². The molecule has 1 aromatic carbocycles. The van der Waals surface area contributed by atoms with Crippen LogP contribution < -0.4 is 0 Å². The molecule has 0 N–H and O–H groups in total. The maximum atomic E-state index is 6.12. The second-order valence-electron chi connectivity index (χ2n) is 3.24. The summed E-state index contributed by atoms with van der Waals surface area (Å²) in [6, 6.07) is 5.84. The average molecular weight is 287 g/mol. The predicted octanol–water partition coefficient (Wildman–Crippen LogP) is 3.12. The fourth-order valence-electron chi connectivity index (χ4n) is 1.28. The van der Waals surface area contributed by atoms with Crippen LogP contribution in [-0.2, 0) is 5.33 Å². The Morgan fingerprint density at radius 3 is 2.87 bits per heavy atom. The third kappa shape index (κ3) is 2.21. The lowest BCUT2D eigenvalue weighted by Gasteiger charge is -2.03. The molecule has 2 rings (SSSR count). The lowest BCUT2D eigenvalue weighted by atomic mass is 10.2. The number of benzene rings is 1. The number of halogens is 2. The molecule has 0 aliphatic heterocycles. The minimum Gasteiger partial charge on any atom is -0.219 e. The van der Waals surface area contributed by atoms with E-state index in [1.54, 1.807) is 4.68 Å². The van der Waals surface area contributed by atoms with Gasteiger partial charge in [0.05, 0.1) is 22.6 Å². The summed E-state index contributed by atoms with van der Waals surface area (Å²) in [7, 11) is 0. The average Bonchev–Trinajstić information content (AvgIpc) is 2.66. The van der Waals surface area contributed by atoms with Crippen LogP contribution >= 0.6 is 27.5 Å². The summed E-state index contributed by atoms with van der Waals surface area (Å²) in [5.74, 6) is 0. The number of rotatable bonds is 2. The lowest BCUT2D eigenvalue weighted by molar-refractivity contribution is 0.800. The van der Waals surface area contributed by atoms with Gasteiger partial charge in [-0.2, -0.15) is 0 Å². The summed E-state index contributed by atoms with van der Waals surface area (Å²) >= 11 is 9.44. The molecular formula is C10H9BrClN3. The third-order valence-electron chi connectivity index (χ3n) is 2.03. The van der Waals surface area contributed by atoms with Crippen molar-refractivity contribution < 1.29 is 0 Å². The number of alkyl halides is 1. The highest BCUT2D eigenvalue weighted by molar-refractivity contribution is 9.08. The second kappa shape index (κ2) is 4.33. The Balaban J connectivity index is 2.44. The number of aryl methyl sites for hydroxylation is 1. The quantitative estimate of drug-likeness (QED) is 0.794. The Hall–Kier alpha value is -0.870. The van der Waals surface area contributed by atoms with Gasteiger partial charge in [-0.05, 0) is 24.6 Å². The predicted molar refractivity (Wildman–Crippen MR) is 63.7 cm³/mol. The topological polar surface area (TPSA) is 30.7 Å². The molecule has 1 aromatic heterocycles. The molecule has 15 heavy (non-hydrogen) atoms. The molecule has 0 amide bonds. The van der Waals surface area contributed by atoms with E-state index in [0.717, 1.165) is 16.9 Å². The van der Waals surface area contributed by atoms with Crippen LogP contribution in [0.3, 0.4) is 0 Å². The molecule has 0 saturated carbocycles. The maximum Gasteiger partial charge on any atom is 0.0937 e. The molecule has 0 unspecified atom stereocenters. The van der Waals surface area contributed by atoms with E-state index in [9.17, 15) is 0 Å². The van der Waals surface area contributed by atoms with Gasteiger partial charge in [0.25, 0.3) is 0 Å². The molecule has 3 nitrogen and oxygen atoms in total. The van der Waals surface area contributed by atoms with Crippen molar-refractivity contribution in [3.8, 4) is 5.69 Å². The van der Waals surface area contributed by atoms with E-state index < -0.39 is 0 Å². The van der Waals surface area contributed by atoms with Gasteiger partial charge in [0.15, 0.2) is 0 Å². The molecule has 0 bridgehead atoms. The van der Waals surface area contributed by atoms with Crippen LogP contribution in [0.5, 0.6) is 0 Å². The van der Waals surface area contributed by atoms with Gasteiger partial charge in [-0.3, -0.25) is 0 Å². The zero-order valence-corrected chi connectivity index (χ0v) is 10.5. The molecule has 5 heteroatoms. The summed E-state index contributed by atoms with van der Waals surface area (Å²) in [5, 5.41) is 9.35. The number of nitrogens with zero attached hydrogens (tertiary/aromatic N) is 3. The van der Waals surface area contributed by atoms with Gasteiger partial charge >= 0.3 is 0 Å². The van der Waals surface area contributed by atoms with Crippen LogP contribution in [0.25, 0.3) is 5.69 Å². The zero-order valence-electron chi connectivity index (χ0n) is 8.11. The van der Waals surface area contributed by atoms with E-state index in [1.807, 2.05) is 31.3 Å². The van der Waals surface area contributed by atoms with Crippen molar-refractivity contribution in [2.45, 2.75) is 12.3 Å². The summed E-state index contributed by atoms with van der Waals surface area (Å²) in [5.41, 5.74) is 2.86. The first-order valence-electron chi connectivity index (χ1n) is 4.44. The van der Waals surface area contributed by atoms with Crippen LogP contribution in [0.15, 0.2) is 24.4 Å². The van der Waals surface area contributed by atoms with E-state index in [-0.39, 0.29) is 0 Å². The monoisotopic (exact) mass is 285 g/mol. The molecule has 0 radical (unpaired) electrons. The van der Waals surface area contributed by atoms with Crippen molar-refractivity contribution in [2.75, 3.05) is 0 Å². The van der Waals surface area contributed by atoms with Gasteiger partial charge in [0.2, 0.25) is 0 Å². The van der Waals surface area contributed by atoms with Gasteiger partial charge in [0.1, 0.15) is 0 Å². The second-order valence-corrected chi connectivity index (χ2v) is 4.21. The minimum absolute atomic E-state index is 0.682. The largest absolute Gasteiger partial charge is 0.219 e. The smallest absolute Gasteiger partial charge is 0.0937 e. The fraction of sp³-hybridized carbons (Fsp3) is 0.200. The highest BCUT2D eigenvalue weighted by Gasteiger charge is 2.05. The normalized spacial score (nSPS) is 10.6. The maximum absolute atomic E-state index is 6.12. The molecular weight excluding hydrogens is 277 g/mol. The highest BCUT2D eigenvalue weighted by Crippen LogP contribution is 2.21. The first-order chi connectivity index (χ1) is 7.20. The van der Waals surface area contributed by atoms with Crippen molar-refractivity contribution in [2.24, 2.45) is 0 Å². The van der Waals surface area contributed by atoms with Gasteiger partial charge in [0, 0.05) is 5.33 Å². The van der Waals surface area contributed by atoms with Crippen LogP contribution in [-0.4, -0.2) is 15.0 Å². The number of hydrogen-bond donors (Lipinski definition) is 0. The molecule has 0 atom stereocenters. The summed E-state index contributed by atoms with van der Waals surface area (Å²) in [4.78, 5) is 0. The molecule has 1 heterocycles. The van der Waals surface area contributed by atoms with E-state index in [2.05, 4.69) is 26.2 Å². The van der Waals surface area contributed by atoms with Gasteiger partial charge in [-0.25, -0.2) is 4.68 Å². The summed E-state index contributed by atoms with van der Waals surface area (Å²) < 4.78 is 1.68. The van der Waals surface area contributed by atoms with E-state index in [0.29, 0.717) is 10.4 Å². The Kier molecular flexibility index (Phi) is 3.07. The van der Waals surface area contributed by atoms with Crippen molar-refractivity contribution in [1.82, 2.24) is 15.0 Å². The van der Waals surface area contributed by atoms with Crippen molar-refractivity contribution in [3.05, 3.63) is 40.7 Å². The van der Waals surface area contributed by atoms with Crippen molar-refractivity contribution >= 4 is 27.5 Å². The standard InChI is InChI=1S/C10H9BrClN3/c1-7-2-3-10(9(12)4-7)15-6-8(5-11)13-14-15/h2-4,6H,5H2,1H3. The molecule has 2 aromatic rings. The molecule has 0 spiro atoms. The Bertz CT molecular complexity index is 481. The first-order valence-corrected chi connectivity index (χ1v) is 5.94. The third-order valence-corrected chi connectivity index (χ3v) is 2.90. The van der Waals surface area contributed by atoms with Gasteiger partial charge < -0.3 is 0 Å². The molecule has 0 saturated heterocycles. The van der Waals surface area contributed by atoms with Crippen molar-refractivity contribution in [1.29, 1.82) is 0 Å². The summed E-state index contributed by atoms with van der Waals surface area (Å²) in [6.07, 6.45) is 1.85. The Morgan fingerprint density at radius 2 is 2.27 bits per heavy atom. The SMILES string of the molecule is Cc1ccc(-n2cc(CBr)nn2)c(Cl)c1. The molecule has 0 fully saturated rings. The Labute approximate surface area is 101 Å². The van der Waals surface area contributed by atoms with Crippen LogP contribution in [0.1, 0.15) is 11.3 Å². The molecule has 0 aliphatic rings. The minimum atomic E-state index is 0.682. The van der Waals surface area contributed by atoms with E-state index in [1.165, 1.54) is 0 Å². The van der Waals surface area contributed by atoms with E-state index >= 15 is 0 Å². The number of aromatic nitrogens is 3.